The summed E-state index contributed by atoms with van der Waals surface area (Å²) in [7, 11) is -1.73. The number of nitrogens with two attached hydrogens (primary N) is 1. The monoisotopic (exact) mass is 581 g/mol. The number of para-hydroxylation sites is 1. The molecule has 2 atom stereocenters. The Kier molecular flexibility index (Phi) is 8.25. The smallest absolute Gasteiger partial charge is 0.204 e. The van der Waals surface area contributed by atoms with Crippen molar-refractivity contribution in [2.75, 3.05) is 12.9 Å². The molecule has 5 rings (SSSR count). The van der Waals surface area contributed by atoms with E-state index in [2.05, 4.69) is 9.98 Å². The minimum Gasteiger partial charge on any atom is -0.493 e. The molecule has 3 N–H and O–H groups in total. The minimum absolute atomic E-state index is 0.0309. The van der Waals surface area contributed by atoms with Crippen molar-refractivity contribution in [1.82, 2.24) is 4.98 Å². The highest BCUT2D eigenvalue weighted by Crippen LogP contribution is 2.40. The van der Waals surface area contributed by atoms with Gasteiger partial charge in [0, 0.05) is 53.7 Å². The van der Waals surface area contributed by atoms with Gasteiger partial charge in [-0.25, -0.2) is 8.78 Å². The number of hydrogen-bond donors (Lipinski definition) is 2. The summed E-state index contributed by atoms with van der Waals surface area (Å²) in [6.07, 6.45) is 8.09. The second-order valence-corrected chi connectivity index (χ2v) is 10.7. The Labute approximate surface area is 236 Å². The van der Waals surface area contributed by atoms with Gasteiger partial charge in [0.05, 0.1) is 27.8 Å². The van der Waals surface area contributed by atoms with Crippen molar-refractivity contribution >= 4 is 39.9 Å². The Balaban J connectivity index is 1.41. The van der Waals surface area contributed by atoms with Crippen molar-refractivity contribution in [3.05, 3.63) is 89.0 Å². The number of aryl methyl sites for hydroxylation is 1. The number of nitrogens with one attached hydrogen (secondary N) is 1. The number of aldehydes is 1. The summed E-state index contributed by atoms with van der Waals surface area (Å²) < 4.78 is 68.1. The van der Waals surface area contributed by atoms with Gasteiger partial charge in [-0.1, -0.05) is 18.2 Å². The zero-order chi connectivity index (χ0) is 29.1. The first-order chi connectivity index (χ1) is 19.8. The zero-order valence-corrected chi connectivity index (χ0v) is 22.8. The normalized spacial score (nSPS) is 16.0. The summed E-state index contributed by atoms with van der Waals surface area (Å²) in [4.78, 5) is 17.6. The number of hydrogen-bond acceptors (Lipinski definition) is 6. The Morgan fingerprint density at radius 2 is 2.05 bits per heavy atom. The largest absolute Gasteiger partial charge is 0.493 e. The lowest BCUT2D eigenvalue weighted by molar-refractivity contribution is -0.107. The molecule has 0 aliphatic carbocycles. The number of aromatic amines is 1. The molecule has 1 aliphatic heterocycles. The minimum atomic E-state index is -1.73. The molecule has 3 aromatic carbocycles. The SMILES string of the molecule is CS(=O)c1c(Oc2ccc(F)c(N=C/C=C(\N)C3CCOc4c(CCC=O)cccc43)c2)c(F)c(F)c2[nH]ccc12. The third kappa shape index (κ3) is 5.62. The fourth-order valence-electron chi connectivity index (χ4n) is 4.89. The topological polar surface area (TPSA) is 107 Å². The average molecular weight is 582 g/mol. The number of nitrogens with zero attached hydrogens (tertiary/aromatic N) is 1. The van der Waals surface area contributed by atoms with E-state index in [4.69, 9.17) is 15.2 Å². The van der Waals surface area contributed by atoms with Gasteiger partial charge in [0.15, 0.2) is 11.6 Å². The van der Waals surface area contributed by atoms with Crippen molar-refractivity contribution in [2.45, 2.75) is 30.1 Å². The highest BCUT2D eigenvalue weighted by molar-refractivity contribution is 7.84. The van der Waals surface area contributed by atoms with Crippen molar-refractivity contribution in [2.24, 2.45) is 10.7 Å². The number of carbonyl (C=O) groups excluding carboxylic acids is 1. The summed E-state index contributed by atoms with van der Waals surface area (Å²) in [6, 6.07) is 10.7. The second kappa shape index (κ2) is 12.0. The summed E-state index contributed by atoms with van der Waals surface area (Å²) in [6.45, 7) is 0.450. The molecule has 2 heterocycles. The van der Waals surface area contributed by atoms with Crippen LogP contribution in [0.3, 0.4) is 0 Å². The Bertz CT molecular complexity index is 1720. The van der Waals surface area contributed by atoms with Crippen LogP contribution in [0, 0.1) is 17.5 Å². The van der Waals surface area contributed by atoms with Gasteiger partial charge in [0.2, 0.25) is 5.82 Å². The lowest BCUT2D eigenvalue weighted by Gasteiger charge is -2.28. The van der Waals surface area contributed by atoms with Crippen molar-refractivity contribution < 1.29 is 31.6 Å². The van der Waals surface area contributed by atoms with E-state index in [-0.39, 0.29) is 33.2 Å². The molecule has 2 unspecified atom stereocenters. The van der Waals surface area contributed by atoms with E-state index in [9.17, 15) is 22.2 Å². The van der Waals surface area contributed by atoms with E-state index in [0.29, 0.717) is 31.6 Å². The Morgan fingerprint density at radius 3 is 2.83 bits per heavy atom. The maximum Gasteiger partial charge on any atom is 0.204 e. The quantitative estimate of drug-likeness (QED) is 0.177. The molecule has 41 heavy (non-hydrogen) atoms. The van der Waals surface area contributed by atoms with Crippen molar-refractivity contribution in [3.8, 4) is 17.2 Å². The first-order valence-electron chi connectivity index (χ1n) is 12.8. The highest BCUT2D eigenvalue weighted by atomic mass is 32.2. The number of carbonyl (C=O) groups is 1. The van der Waals surface area contributed by atoms with E-state index >= 15 is 0 Å². The molecule has 0 spiro atoms. The molecule has 0 fully saturated rings. The Morgan fingerprint density at radius 1 is 1.22 bits per heavy atom. The van der Waals surface area contributed by atoms with Crippen molar-refractivity contribution in [3.63, 3.8) is 0 Å². The van der Waals surface area contributed by atoms with Crippen LogP contribution in [0.5, 0.6) is 17.2 Å². The van der Waals surface area contributed by atoms with Crippen LogP contribution < -0.4 is 15.2 Å². The first kappa shape index (κ1) is 28.2. The van der Waals surface area contributed by atoms with Crippen LogP contribution in [-0.4, -0.2) is 34.6 Å². The van der Waals surface area contributed by atoms with Gasteiger partial charge in [0.1, 0.15) is 29.3 Å². The summed E-state index contributed by atoms with van der Waals surface area (Å²) in [5.74, 6) is -3.19. The zero-order valence-electron chi connectivity index (χ0n) is 22.0. The summed E-state index contributed by atoms with van der Waals surface area (Å²) >= 11 is 0. The summed E-state index contributed by atoms with van der Waals surface area (Å²) in [5.41, 5.74) is 8.47. The molecular formula is C30H26F3N3O4S. The molecule has 212 valence electrons. The van der Waals surface area contributed by atoms with Gasteiger partial charge in [-0.15, -0.1) is 0 Å². The number of rotatable bonds is 9. The standard InChI is InChI=1S/C30H26F3N3O4S/c1-41(38)30-21-9-12-36-27(21)25(32)26(33)29(30)40-18-7-8-22(31)24(16-18)35-13-10-23(34)19-11-15-39-28-17(5-3-14-37)4-2-6-20(19)28/h2,4,6-10,12-14,16,19,36H,3,5,11,15,34H2,1H3/b23-10-,35-13?. The van der Waals surface area contributed by atoms with Gasteiger partial charge in [0.25, 0.3) is 0 Å². The number of allylic oxidation sites excluding steroid dienone is 2. The molecule has 1 aliphatic rings. The van der Waals surface area contributed by atoms with Crippen LogP contribution >= 0.6 is 0 Å². The molecule has 7 nitrogen and oxygen atoms in total. The number of aromatic nitrogens is 1. The van der Waals surface area contributed by atoms with E-state index in [1.165, 1.54) is 36.9 Å². The molecular weight excluding hydrogens is 555 g/mol. The molecule has 0 saturated heterocycles. The lowest BCUT2D eigenvalue weighted by atomic mass is 9.88. The molecule has 0 amide bonds. The third-order valence-corrected chi connectivity index (χ3v) is 7.78. The van der Waals surface area contributed by atoms with Crippen LogP contribution in [0.2, 0.25) is 0 Å². The maximum atomic E-state index is 15.0. The first-order valence-corrected chi connectivity index (χ1v) is 14.3. The molecule has 0 radical (unpaired) electrons. The van der Waals surface area contributed by atoms with E-state index in [1.54, 1.807) is 6.08 Å². The summed E-state index contributed by atoms with van der Waals surface area (Å²) in [5, 5.41) is 0.214. The number of halogens is 3. The maximum absolute atomic E-state index is 15.0. The predicted octanol–water partition coefficient (Wildman–Crippen LogP) is 6.36. The van der Waals surface area contributed by atoms with E-state index < -0.39 is 34.0 Å². The highest BCUT2D eigenvalue weighted by Gasteiger charge is 2.26. The lowest BCUT2D eigenvalue weighted by Crippen LogP contribution is -2.20. The average Bonchev–Trinajstić information content (AvgIpc) is 3.45. The number of aliphatic imine (C=N–C) groups is 1. The van der Waals surface area contributed by atoms with Crippen LogP contribution in [0.25, 0.3) is 10.9 Å². The van der Waals surface area contributed by atoms with Gasteiger partial charge >= 0.3 is 0 Å². The fourth-order valence-corrected chi connectivity index (χ4v) is 5.76. The van der Waals surface area contributed by atoms with E-state index in [0.717, 1.165) is 29.2 Å². The van der Waals surface area contributed by atoms with Gasteiger partial charge in [-0.3, -0.25) is 9.20 Å². The fraction of sp³-hybridized carbons (Fsp3) is 0.200. The van der Waals surface area contributed by atoms with Gasteiger partial charge in [-0.05, 0) is 42.7 Å². The van der Waals surface area contributed by atoms with Gasteiger partial charge in [-0.2, -0.15) is 4.39 Å². The van der Waals surface area contributed by atoms with Crippen LogP contribution in [0.1, 0.15) is 29.9 Å². The van der Waals surface area contributed by atoms with Crippen LogP contribution in [-0.2, 0) is 22.0 Å². The molecule has 4 aromatic rings. The molecule has 0 saturated carbocycles. The molecule has 1 aromatic heterocycles. The number of benzene rings is 3. The predicted molar refractivity (Wildman–Crippen MR) is 151 cm³/mol. The molecule has 0 bridgehead atoms. The molecule has 11 heteroatoms. The number of H-pyrrole nitrogens is 1. The number of fused-ring (bicyclic) bond motifs is 2. The van der Waals surface area contributed by atoms with Crippen molar-refractivity contribution in [1.29, 1.82) is 0 Å². The third-order valence-electron chi connectivity index (χ3n) is 6.80. The Hall–Kier alpha value is -4.38. The second-order valence-electron chi connectivity index (χ2n) is 9.40. The van der Waals surface area contributed by atoms with E-state index in [1.807, 2.05) is 18.2 Å². The number of ether oxygens (including phenoxy) is 2. The van der Waals surface area contributed by atoms with Gasteiger partial charge < -0.3 is 25.0 Å². The van der Waals surface area contributed by atoms with Crippen LogP contribution in [0.4, 0.5) is 18.9 Å². The van der Waals surface area contributed by atoms with Crippen LogP contribution in [0.15, 0.2) is 70.3 Å².